The Morgan fingerprint density at radius 1 is 1.03 bits per heavy atom. The van der Waals surface area contributed by atoms with Gasteiger partial charge in [-0.05, 0) is 42.0 Å². The van der Waals surface area contributed by atoms with Gasteiger partial charge in [-0.3, -0.25) is 14.9 Å². The molecule has 3 aromatic rings. The van der Waals surface area contributed by atoms with E-state index in [0.29, 0.717) is 55.1 Å². The summed E-state index contributed by atoms with van der Waals surface area (Å²) in [6.07, 6.45) is 2.37. The lowest BCUT2D eigenvalue weighted by Crippen LogP contribution is -2.38. The predicted octanol–water partition coefficient (Wildman–Crippen LogP) is 4.18. The minimum Gasteiger partial charge on any atom is -0.355 e. The molecule has 1 aromatic heterocycles. The Bertz CT molecular complexity index is 1380. The first-order valence-corrected chi connectivity index (χ1v) is 13.5. The summed E-state index contributed by atoms with van der Waals surface area (Å²) in [5.74, 6) is 0.770. The summed E-state index contributed by atoms with van der Waals surface area (Å²) in [5.41, 5.74) is 2.42. The summed E-state index contributed by atoms with van der Waals surface area (Å²) >= 11 is 0.857. The molecule has 2 fully saturated rings. The maximum Gasteiger partial charge on any atom is 0.321 e. The Kier molecular flexibility index (Phi) is 8.07. The molecule has 2 saturated heterocycles. The molecule has 3 heterocycles. The highest BCUT2D eigenvalue weighted by Crippen LogP contribution is 2.27. The van der Waals surface area contributed by atoms with Crippen LogP contribution >= 0.6 is 11.8 Å². The average Bonchev–Trinajstić information content (AvgIpc) is 3.11. The van der Waals surface area contributed by atoms with E-state index in [1.807, 2.05) is 66.5 Å². The van der Waals surface area contributed by atoms with E-state index in [0.717, 1.165) is 29.4 Å². The van der Waals surface area contributed by atoms with Crippen LogP contribution in [-0.2, 0) is 11.3 Å². The molecule has 39 heavy (non-hydrogen) atoms. The van der Waals surface area contributed by atoms with Gasteiger partial charge < -0.3 is 20.0 Å². The van der Waals surface area contributed by atoms with Gasteiger partial charge in [0, 0.05) is 51.5 Å². The molecule has 11 heteroatoms. The van der Waals surface area contributed by atoms with Crippen LogP contribution in [0.4, 0.5) is 27.0 Å². The summed E-state index contributed by atoms with van der Waals surface area (Å²) in [6, 6.07) is 21.1. The third kappa shape index (κ3) is 6.74. The van der Waals surface area contributed by atoms with Gasteiger partial charge in [-0.15, -0.1) is 0 Å². The largest absolute Gasteiger partial charge is 0.355 e. The molecule has 0 spiro atoms. The first kappa shape index (κ1) is 26.2. The van der Waals surface area contributed by atoms with Crippen LogP contribution in [0, 0.1) is 0 Å². The van der Waals surface area contributed by atoms with Crippen molar-refractivity contribution in [1.82, 2.24) is 20.2 Å². The lowest BCUT2D eigenvalue weighted by atomic mass is 10.2. The fourth-order valence-corrected chi connectivity index (χ4v) is 5.06. The Morgan fingerprint density at radius 2 is 1.77 bits per heavy atom. The van der Waals surface area contributed by atoms with Crippen molar-refractivity contribution in [2.45, 2.75) is 13.0 Å². The number of carbonyl (C=O) groups excluding carboxylic acids is 3. The number of urea groups is 1. The van der Waals surface area contributed by atoms with E-state index in [2.05, 4.69) is 27.7 Å². The summed E-state index contributed by atoms with van der Waals surface area (Å²) < 4.78 is 0. The third-order valence-corrected chi connectivity index (χ3v) is 7.20. The average molecular weight is 544 g/mol. The molecule has 4 amide bonds. The number of hydrogen-bond donors (Lipinski definition) is 2. The number of anilines is 3. The van der Waals surface area contributed by atoms with Gasteiger partial charge in [0.25, 0.3) is 11.1 Å². The van der Waals surface area contributed by atoms with Crippen LogP contribution in [0.2, 0.25) is 0 Å². The van der Waals surface area contributed by atoms with E-state index in [9.17, 15) is 14.4 Å². The zero-order valence-corrected chi connectivity index (χ0v) is 22.4. The quantitative estimate of drug-likeness (QED) is 0.446. The number of hydrogen-bond acceptors (Lipinski definition) is 8. The fraction of sp³-hybridized carbons (Fsp3) is 0.250. The second kappa shape index (κ2) is 12.0. The Balaban J connectivity index is 1.37. The van der Waals surface area contributed by atoms with Crippen molar-refractivity contribution in [2.24, 2.45) is 0 Å². The summed E-state index contributed by atoms with van der Waals surface area (Å²) in [5, 5.41) is 4.84. The van der Waals surface area contributed by atoms with Crippen LogP contribution in [0.15, 0.2) is 71.6 Å². The van der Waals surface area contributed by atoms with Crippen molar-refractivity contribution in [3.05, 3.63) is 82.9 Å². The predicted molar refractivity (Wildman–Crippen MR) is 154 cm³/mol. The number of nitrogens with one attached hydrogen (secondary N) is 2. The maximum absolute atomic E-state index is 12.9. The highest BCUT2D eigenvalue weighted by atomic mass is 32.2. The van der Waals surface area contributed by atoms with E-state index >= 15 is 0 Å². The van der Waals surface area contributed by atoms with Crippen LogP contribution in [0.3, 0.4) is 0 Å². The number of para-hydroxylation sites is 1. The number of carbonyl (C=O) groups is 3. The van der Waals surface area contributed by atoms with Crippen LogP contribution in [-0.4, -0.2) is 65.3 Å². The fourth-order valence-electron chi connectivity index (χ4n) is 4.39. The Labute approximate surface area is 231 Å². The smallest absolute Gasteiger partial charge is 0.321 e. The van der Waals surface area contributed by atoms with Crippen molar-refractivity contribution in [1.29, 1.82) is 0 Å². The van der Waals surface area contributed by atoms with Gasteiger partial charge in [0.2, 0.25) is 5.95 Å². The highest BCUT2D eigenvalue weighted by molar-refractivity contribution is 8.18. The molecular formula is C28H29N7O3S. The molecule has 2 aliphatic heterocycles. The number of amides is 4. The molecule has 200 valence electrons. The molecule has 2 aromatic carbocycles. The summed E-state index contributed by atoms with van der Waals surface area (Å²) in [7, 11) is 1.95. The van der Waals surface area contributed by atoms with E-state index in [4.69, 9.17) is 9.97 Å². The van der Waals surface area contributed by atoms with Gasteiger partial charge in [-0.2, -0.15) is 4.98 Å². The SMILES string of the molecule is CN(Cc1ccccc1)c1cc(C=C2SC(=O)NC2=O)nc(N2CCCN(C(=O)Nc3ccccc3)CC2)n1. The Morgan fingerprint density at radius 3 is 2.49 bits per heavy atom. The van der Waals surface area contributed by atoms with E-state index in [-0.39, 0.29) is 6.03 Å². The molecular weight excluding hydrogens is 514 g/mol. The van der Waals surface area contributed by atoms with Gasteiger partial charge in [0.15, 0.2) is 0 Å². The summed E-state index contributed by atoms with van der Waals surface area (Å²) in [6.45, 7) is 2.98. The molecule has 0 radical (unpaired) electrons. The number of aromatic nitrogens is 2. The molecule has 0 bridgehead atoms. The number of nitrogens with zero attached hydrogens (tertiary/aromatic N) is 5. The van der Waals surface area contributed by atoms with Gasteiger partial charge in [0.1, 0.15) is 5.82 Å². The molecule has 10 nitrogen and oxygen atoms in total. The zero-order chi connectivity index (χ0) is 27.2. The van der Waals surface area contributed by atoms with E-state index < -0.39 is 11.1 Å². The number of imide groups is 1. The minimum absolute atomic E-state index is 0.139. The number of benzene rings is 2. The topological polar surface area (TPSA) is 111 Å². The van der Waals surface area contributed by atoms with Crippen molar-refractivity contribution in [3.8, 4) is 0 Å². The van der Waals surface area contributed by atoms with Crippen molar-refractivity contribution in [2.75, 3.05) is 48.3 Å². The third-order valence-electron chi connectivity index (χ3n) is 6.39. The molecule has 0 unspecified atom stereocenters. The van der Waals surface area contributed by atoms with Crippen LogP contribution < -0.4 is 20.4 Å². The molecule has 0 saturated carbocycles. The first-order valence-electron chi connectivity index (χ1n) is 12.7. The molecule has 0 atom stereocenters. The molecule has 2 N–H and O–H groups in total. The maximum atomic E-state index is 12.9. The Hall–Kier alpha value is -4.38. The highest BCUT2D eigenvalue weighted by Gasteiger charge is 2.26. The lowest BCUT2D eigenvalue weighted by molar-refractivity contribution is -0.115. The van der Waals surface area contributed by atoms with Crippen LogP contribution in [0.25, 0.3) is 6.08 Å². The molecule has 2 aliphatic rings. The monoisotopic (exact) mass is 543 g/mol. The number of rotatable bonds is 6. The van der Waals surface area contributed by atoms with Crippen molar-refractivity contribution >= 4 is 52.5 Å². The van der Waals surface area contributed by atoms with Crippen LogP contribution in [0.5, 0.6) is 0 Å². The standard InChI is InChI=1S/C28H29N7O3S/c1-33(19-20-9-4-2-5-10-20)24-18-22(17-23-25(36)32-28(38)39-23)29-26(31-24)34-13-8-14-35(16-15-34)27(37)30-21-11-6-3-7-12-21/h2-7,9-12,17-18H,8,13-16,19H2,1H3,(H,30,37)(H,32,36,38). The van der Waals surface area contributed by atoms with Crippen LogP contribution in [0.1, 0.15) is 17.7 Å². The van der Waals surface area contributed by atoms with Crippen molar-refractivity contribution in [3.63, 3.8) is 0 Å². The van der Waals surface area contributed by atoms with E-state index in [1.165, 1.54) is 0 Å². The van der Waals surface area contributed by atoms with Crippen molar-refractivity contribution < 1.29 is 14.4 Å². The van der Waals surface area contributed by atoms with Gasteiger partial charge in [-0.1, -0.05) is 48.5 Å². The second-order valence-corrected chi connectivity index (χ2v) is 10.3. The summed E-state index contributed by atoms with van der Waals surface area (Å²) in [4.78, 5) is 52.5. The lowest BCUT2D eigenvalue weighted by Gasteiger charge is -2.25. The van der Waals surface area contributed by atoms with Gasteiger partial charge >= 0.3 is 6.03 Å². The second-order valence-electron chi connectivity index (χ2n) is 9.27. The minimum atomic E-state index is -0.431. The normalized spacial score (nSPS) is 16.7. The first-order chi connectivity index (χ1) is 18.9. The van der Waals surface area contributed by atoms with Gasteiger partial charge in [-0.25, -0.2) is 9.78 Å². The molecule has 5 rings (SSSR count). The number of thioether (sulfide) groups is 1. The van der Waals surface area contributed by atoms with E-state index in [1.54, 1.807) is 11.0 Å². The van der Waals surface area contributed by atoms with Gasteiger partial charge in [0.05, 0.1) is 10.6 Å². The zero-order valence-electron chi connectivity index (χ0n) is 21.5. The molecule has 0 aliphatic carbocycles.